The third kappa shape index (κ3) is 4.46. The number of rotatable bonds is 5. The standard InChI is InChI=1S/C25H16ClF4N3O2/c26-16-7-8-19(20(12-16)25(28,29)30)24-33(23(32-35-24)22-6-3-11-34-22)14-15-13-31-10-9-17(15)18-4-1-2-5-21(18)27/h1-13,24H,14H2. The fraction of sp³-hybridized carbons (Fsp3) is 0.120. The average molecular weight is 502 g/mol. The number of alkyl halides is 3. The number of nitrogens with zero attached hydrogens (tertiary/aromatic N) is 3. The normalized spacial score (nSPS) is 15.7. The molecule has 0 spiro atoms. The second-order valence-corrected chi connectivity index (χ2v) is 8.16. The van der Waals surface area contributed by atoms with E-state index in [4.69, 9.17) is 20.9 Å². The van der Waals surface area contributed by atoms with Gasteiger partial charge < -0.3 is 14.2 Å². The van der Waals surface area contributed by atoms with Crippen LogP contribution in [0.4, 0.5) is 17.6 Å². The third-order valence-electron chi connectivity index (χ3n) is 5.53. The van der Waals surface area contributed by atoms with Crippen LogP contribution in [0.25, 0.3) is 11.1 Å². The molecule has 2 aromatic carbocycles. The lowest BCUT2D eigenvalue weighted by Crippen LogP contribution is -2.32. The second kappa shape index (κ2) is 9.07. The van der Waals surface area contributed by atoms with Gasteiger partial charge in [0.1, 0.15) is 5.82 Å². The zero-order valence-corrected chi connectivity index (χ0v) is 18.6. The molecule has 2 aromatic heterocycles. The van der Waals surface area contributed by atoms with E-state index in [0.717, 1.165) is 6.07 Å². The number of furan rings is 1. The summed E-state index contributed by atoms with van der Waals surface area (Å²) in [6.45, 7) is 0.00162. The first-order valence-electron chi connectivity index (χ1n) is 10.4. The second-order valence-electron chi connectivity index (χ2n) is 7.72. The fourth-order valence-electron chi connectivity index (χ4n) is 3.96. The van der Waals surface area contributed by atoms with E-state index in [2.05, 4.69) is 10.1 Å². The lowest BCUT2D eigenvalue weighted by atomic mass is 10.00. The first-order chi connectivity index (χ1) is 16.8. The molecule has 0 aliphatic carbocycles. The lowest BCUT2D eigenvalue weighted by Gasteiger charge is -2.27. The van der Waals surface area contributed by atoms with Crippen LogP contribution in [-0.2, 0) is 17.6 Å². The minimum atomic E-state index is -4.69. The summed E-state index contributed by atoms with van der Waals surface area (Å²) in [5.41, 5.74) is 0.296. The minimum Gasteiger partial charge on any atom is -0.461 e. The molecule has 10 heteroatoms. The quantitative estimate of drug-likeness (QED) is 0.275. The van der Waals surface area contributed by atoms with Crippen molar-refractivity contribution < 1.29 is 26.8 Å². The zero-order valence-electron chi connectivity index (χ0n) is 17.8. The van der Waals surface area contributed by atoms with Gasteiger partial charge in [-0.05, 0) is 47.5 Å². The molecule has 5 rings (SSSR count). The number of amidine groups is 1. The first kappa shape index (κ1) is 22.9. The van der Waals surface area contributed by atoms with Crippen molar-refractivity contribution in [1.82, 2.24) is 9.88 Å². The van der Waals surface area contributed by atoms with Crippen LogP contribution in [0.15, 0.2) is 88.9 Å². The largest absolute Gasteiger partial charge is 0.461 e. The molecule has 0 radical (unpaired) electrons. The van der Waals surface area contributed by atoms with Gasteiger partial charge in [-0.3, -0.25) is 4.98 Å². The maximum Gasteiger partial charge on any atom is 0.416 e. The highest BCUT2D eigenvalue weighted by Gasteiger charge is 2.41. The maximum atomic E-state index is 14.6. The number of halogens is 5. The molecule has 178 valence electrons. The minimum absolute atomic E-state index is 0.00162. The van der Waals surface area contributed by atoms with Crippen LogP contribution in [0, 0.1) is 5.82 Å². The Morgan fingerprint density at radius 2 is 1.83 bits per heavy atom. The summed E-state index contributed by atoms with van der Waals surface area (Å²) < 4.78 is 61.7. The van der Waals surface area contributed by atoms with Crippen LogP contribution in [0.1, 0.15) is 28.7 Å². The topological polar surface area (TPSA) is 50.9 Å². The van der Waals surface area contributed by atoms with Crippen LogP contribution in [0.3, 0.4) is 0 Å². The molecular formula is C25H16ClF4N3O2. The smallest absolute Gasteiger partial charge is 0.416 e. The molecule has 1 aliphatic heterocycles. The highest BCUT2D eigenvalue weighted by atomic mass is 35.5. The fourth-order valence-corrected chi connectivity index (χ4v) is 4.14. The summed E-state index contributed by atoms with van der Waals surface area (Å²) in [6.07, 6.45) is -1.47. The average Bonchev–Trinajstić information content (AvgIpc) is 3.50. The van der Waals surface area contributed by atoms with Gasteiger partial charge in [0, 0.05) is 28.5 Å². The molecule has 0 bridgehead atoms. The Hall–Kier alpha value is -3.85. The Kier molecular flexibility index (Phi) is 5.94. The predicted octanol–water partition coefficient (Wildman–Crippen LogP) is 7.05. The van der Waals surface area contributed by atoms with Crippen LogP contribution in [0.2, 0.25) is 5.02 Å². The number of oxime groups is 1. The molecule has 0 saturated carbocycles. The van der Waals surface area contributed by atoms with Gasteiger partial charge in [0.25, 0.3) is 0 Å². The molecule has 0 N–H and O–H groups in total. The van der Waals surface area contributed by atoms with Gasteiger partial charge in [-0.25, -0.2) is 4.39 Å². The summed E-state index contributed by atoms with van der Waals surface area (Å²) in [5, 5.41) is 3.97. The molecule has 1 unspecified atom stereocenters. The van der Waals surface area contributed by atoms with E-state index in [0.29, 0.717) is 22.5 Å². The van der Waals surface area contributed by atoms with E-state index in [1.807, 2.05) is 0 Å². The number of aromatic nitrogens is 1. The Bertz CT molecular complexity index is 1390. The number of hydrogen-bond acceptors (Lipinski definition) is 5. The Labute approximate surface area is 202 Å². The lowest BCUT2D eigenvalue weighted by molar-refractivity contribution is -0.140. The van der Waals surface area contributed by atoms with Crippen molar-refractivity contribution in [3.63, 3.8) is 0 Å². The van der Waals surface area contributed by atoms with E-state index in [-0.39, 0.29) is 23.0 Å². The molecule has 5 nitrogen and oxygen atoms in total. The molecule has 1 aliphatic rings. The summed E-state index contributed by atoms with van der Waals surface area (Å²) in [7, 11) is 0. The van der Waals surface area contributed by atoms with E-state index < -0.39 is 23.8 Å². The summed E-state index contributed by atoms with van der Waals surface area (Å²) in [6, 6.07) is 14.6. The number of benzene rings is 2. The predicted molar refractivity (Wildman–Crippen MR) is 121 cm³/mol. The zero-order chi connectivity index (χ0) is 24.6. The molecule has 3 heterocycles. The molecule has 1 atom stereocenters. The van der Waals surface area contributed by atoms with Gasteiger partial charge in [0.2, 0.25) is 12.1 Å². The van der Waals surface area contributed by atoms with Gasteiger partial charge >= 0.3 is 6.18 Å². The van der Waals surface area contributed by atoms with Crippen molar-refractivity contribution in [2.75, 3.05) is 0 Å². The van der Waals surface area contributed by atoms with E-state index in [1.165, 1.54) is 41.8 Å². The van der Waals surface area contributed by atoms with Crippen LogP contribution in [-0.4, -0.2) is 15.7 Å². The molecule has 0 saturated heterocycles. The third-order valence-corrected chi connectivity index (χ3v) is 5.77. The highest BCUT2D eigenvalue weighted by molar-refractivity contribution is 6.30. The van der Waals surface area contributed by atoms with Crippen molar-refractivity contribution in [3.8, 4) is 11.1 Å². The Morgan fingerprint density at radius 3 is 2.57 bits per heavy atom. The van der Waals surface area contributed by atoms with E-state index in [1.54, 1.807) is 36.4 Å². The van der Waals surface area contributed by atoms with Gasteiger partial charge in [0.15, 0.2) is 5.76 Å². The highest BCUT2D eigenvalue weighted by Crippen LogP contribution is 2.41. The Morgan fingerprint density at radius 1 is 1.00 bits per heavy atom. The van der Waals surface area contributed by atoms with Crippen molar-refractivity contribution in [1.29, 1.82) is 0 Å². The molecular weight excluding hydrogens is 486 g/mol. The van der Waals surface area contributed by atoms with Gasteiger partial charge in [-0.15, -0.1) is 0 Å². The van der Waals surface area contributed by atoms with Gasteiger partial charge in [-0.2, -0.15) is 13.2 Å². The summed E-state index contributed by atoms with van der Waals surface area (Å²) >= 11 is 5.87. The summed E-state index contributed by atoms with van der Waals surface area (Å²) in [5.74, 6) is 0.0453. The van der Waals surface area contributed by atoms with Crippen molar-refractivity contribution in [2.45, 2.75) is 18.9 Å². The Balaban J connectivity index is 1.61. The number of pyridine rings is 1. The number of hydrogen-bond donors (Lipinski definition) is 0. The maximum absolute atomic E-state index is 14.6. The van der Waals surface area contributed by atoms with Crippen molar-refractivity contribution in [2.24, 2.45) is 5.16 Å². The monoisotopic (exact) mass is 501 g/mol. The van der Waals surface area contributed by atoms with Gasteiger partial charge in [-0.1, -0.05) is 41.0 Å². The van der Waals surface area contributed by atoms with E-state index >= 15 is 0 Å². The molecule has 0 fully saturated rings. The first-order valence-corrected chi connectivity index (χ1v) is 10.8. The van der Waals surface area contributed by atoms with Crippen molar-refractivity contribution in [3.05, 3.63) is 113 Å². The SMILES string of the molecule is Fc1ccccc1-c1ccncc1CN1C(c2ccco2)=NOC1c1ccc(Cl)cc1C(F)(F)F. The van der Waals surface area contributed by atoms with Crippen LogP contribution in [0.5, 0.6) is 0 Å². The molecule has 35 heavy (non-hydrogen) atoms. The van der Waals surface area contributed by atoms with Crippen LogP contribution >= 0.6 is 11.6 Å². The molecule has 4 aromatic rings. The van der Waals surface area contributed by atoms with Crippen LogP contribution < -0.4 is 0 Å². The van der Waals surface area contributed by atoms with E-state index in [9.17, 15) is 17.6 Å². The van der Waals surface area contributed by atoms with Gasteiger partial charge in [0.05, 0.1) is 18.4 Å². The summed E-state index contributed by atoms with van der Waals surface area (Å²) in [4.78, 5) is 11.2. The van der Waals surface area contributed by atoms with Crippen molar-refractivity contribution >= 4 is 17.4 Å². The molecule has 0 amide bonds.